The van der Waals surface area contributed by atoms with Crippen molar-refractivity contribution >= 4 is 66.4 Å². The van der Waals surface area contributed by atoms with Crippen molar-refractivity contribution in [1.29, 1.82) is 0 Å². The van der Waals surface area contributed by atoms with Crippen molar-refractivity contribution in [3.05, 3.63) is 178 Å². The van der Waals surface area contributed by atoms with Gasteiger partial charge in [0.15, 0.2) is 0 Å². The molecule has 0 N–H and O–H groups in total. The molecule has 8 aromatic carbocycles. The average molecular weight is 779 g/mol. The maximum absolute atomic E-state index is 2.60. The summed E-state index contributed by atoms with van der Waals surface area (Å²) in [7, 11) is 0. The van der Waals surface area contributed by atoms with Crippen LogP contribution >= 0.6 is 0 Å². The van der Waals surface area contributed by atoms with Gasteiger partial charge in [-0.25, -0.2) is 0 Å². The van der Waals surface area contributed by atoms with Crippen LogP contribution < -0.4 is 9.80 Å². The first-order valence-electron chi connectivity index (χ1n) is 23.2. The molecular weight excluding hydrogens is 725 g/mol. The molecule has 2 nitrogen and oxygen atoms in total. The average Bonchev–Trinajstić information content (AvgIpc) is 3.31. The molecule has 0 aromatic heterocycles. The number of hydrogen-bond acceptors (Lipinski definition) is 2. The molecule has 0 saturated heterocycles. The van der Waals surface area contributed by atoms with Gasteiger partial charge in [-0.3, -0.25) is 0 Å². The van der Waals surface area contributed by atoms with Crippen molar-refractivity contribution in [2.45, 2.75) is 103 Å². The number of benzene rings is 8. The normalized spacial score (nSPS) is 15.9. The molecule has 0 unspecified atom stereocenters. The Balaban J connectivity index is 1.12. The topological polar surface area (TPSA) is 6.48 Å². The van der Waals surface area contributed by atoms with Crippen LogP contribution in [0.25, 0.3) is 32.3 Å². The lowest BCUT2D eigenvalue weighted by molar-refractivity contribution is 0.685. The molecule has 0 amide bonds. The molecular formula is C58H54N2. The van der Waals surface area contributed by atoms with Crippen LogP contribution in [0, 0.1) is 0 Å². The minimum atomic E-state index is 1.16. The third-order valence-electron chi connectivity index (χ3n) is 14.7. The van der Waals surface area contributed by atoms with Crippen LogP contribution in [0.3, 0.4) is 0 Å². The Morgan fingerprint density at radius 3 is 0.800 bits per heavy atom. The summed E-state index contributed by atoms with van der Waals surface area (Å²) >= 11 is 0. The fourth-order valence-electron chi connectivity index (χ4n) is 11.6. The van der Waals surface area contributed by atoms with E-state index in [0.717, 1.165) is 25.7 Å². The minimum Gasteiger partial charge on any atom is -0.310 e. The second-order valence-electron chi connectivity index (χ2n) is 18.3. The van der Waals surface area contributed by atoms with E-state index in [1.165, 1.54) is 188 Å². The van der Waals surface area contributed by atoms with Gasteiger partial charge >= 0.3 is 0 Å². The maximum Gasteiger partial charge on any atom is 0.0546 e. The van der Waals surface area contributed by atoms with Crippen molar-refractivity contribution in [2.75, 3.05) is 9.80 Å². The third kappa shape index (κ3) is 6.21. The SMILES string of the molecule is c1ccc2c(c1)c(N(c1ccc3c(c1)CCCC3)c1ccc3c(c1)CCCC3)cc1c3ccccc3c(N(c3ccc4c(c3)CCCC4)c3ccc4c(c3)CCCC4)cc21. The quantitative estimate of drug-likeness (QED) is 0.155. The molecule has 12 rings (SSSR count). The standard InChI is InChI=1S/C58H54N2/c1-5-17-43-33-47(29-25-39(43)13-1)59(48-30-26-40-14-2-6-18-44(40)34-48)57-37-55-52-22-10-12-24-54(52)58(38-56(55)51-21-9-11-23-53(51)57)60(49-31-27-41-15-3-7-19-45(41)35-49)50-32-28-42-16-4-8-20-46(42)36-50/h9-12,21-38H,1-8,13-20H2. The van der Waals surface area contributed by atoms with Gasteiger partial charge in [-0.2, -0.15) is 0 Å². The number of anilines is 6. The lowest BCUT2D eigenvalue weighted by Crippen LogP contribution is -2.14. The summed E-state index contributed by atoms with van der Waals surface area (Å²) in [5, 5.41) is 7.79. The van der Waals surface area contributed by atoms with Crippen molar-refractivity contribution < 1.29 is 0 Å². The zero-order chi connectivity index (χ0) is 39.6. The van der Waals surface area contributed by atoms with Crippen LogP contribution in [0.2, 0.25) is 0 Å². The molecule has 0 fully saturated rings. The number of rotatable bonds is 6. The van der Waals surface area contributed by atoms with Gasteiger partial charge in [-0.1, -0.05) is 72.8 Å². The first-order valence-corrected chi connectivity index (χ1v) is 23.2. The van der Waals surface area contributed by atoms with Gasteiger partial charge in [0.25, 0.3) is 0 Å². The minimum absolute atomic E-state index is 1.16. The van der Waals surface area contributed by atoms with E-state index in [2.05, 4.69) is 143 Å². The fraction of sp³-hybridized carbons (Fsp3) is 0.276. The third-order valence-corrected chi connectivity index (χ3v) is 14.7. The molecule has 4 aliphatic rings. The predicted octanol–water partition coefficient (Wildman–Crippen LogP) is 15.6. The highest BCUT2D eigenvalue weighted by Crippen LogP contribution is 2.49. The Hall–Kier alpha value is -5.86. The van der Waals surface area contributed by atoms with Crippen LogP contribution in [0.4, 0.5) is 34.1 Å². The Morgan fingerprint density at radius 1 is 0.233 bits per heavy atom. The second-order valence-corrected chi connectivity index (χ2v) is 18.3. The molecule has 0 heterocycles. The van der Waals surface area contributed by atoms with Crippen molar-refractivity contribution in [2.24, 2.45) is 0 Å². The van der Waals surface area contributed by atoms with Crippen LogP contribution in [0.1, 0.15) is 95.9 Å². The molecule has 0 spiro atoms. The summed E-state index contributed by atoms with van der Waals surface area (Å²) < 4.78 is 0. The van der Waals surface area contributed by atoms with Gasteiger partial charge in [-0.05, 0) is 229 Å². The lowest BCUT2D eigenvalue weighted by atomic mass is 9.89. The van der Waals surface area contributed by atoms with E-state index >= 15 is 0 Å². The summed E-state index contributed by atoms with van der Waals surface area (Å²) in [4.78, 5) is 5.20. The monoisotopic (exact) mass is 778 g/mol. The van der Waals surface area contributed by atoms with E-state index in [1.54, 1.807) is 0 Å². The highest BCUT2D eigenvalue weighted by atomic mass is 15.2. The molecule has 2 heteroatoms. The molecule has 0 atom stereocenters. The van der Waals surface area contributed by atoms with Gasteiger partial charge < -0.3 is 9.80 Å². The smallest absolute Gasteiger partial charge is 0.0546 e. The second kappa shape index (κ2) is 15.0. The van der Waals surface area contributed by atoms with E-state index in [4.69, 9.17) is 0 Å². The highest BCUT2D eigenvalue weighted by Gasteiger charge is 2.25. The van der Waals surface area contributed by atoms with Crippen LogP contribution in [-0.4, -0.2) is 0 Å². The highest BCUT2D eigenvalue weighted by molar-refractivity contribution is 6.24. The number of fused-ring (bicyclic) bond motifs is 9. The summed E-state index contributed by atoms with van der Waals surface area (Å²) in [6, 6.07) is 52.9. The summed E-state index contributed by atoms with van der Waals surface area (Å²) in [5.41, 5.74) is 19.8. The van der Waals surface area contributed by atoms with Gasteiger partial charge in [0.2, 0.25) is 0 Å². The van der Waals surface area contributed by atoms with E-state index in [0.29, 0.717) is 0 Å². The Labute approximate surface area is 355 Å². The lowest BCUT2D eigenvalue weighted by Gasteiger charge is -2.32. The van der Waals surface area contributed by atoms with Gasteiger partial charge in [-0.15, -0.1) is 0 Å². The van der Waals surface area contributed by atoms with E-state index in [1.807, 2.05) is 0 Å². The zero-order valence-electron chi connectivity index (χ0n) is 34.9. The van der Waals surface area contributed by atoms with Crippen molar-refractivity contribution in [3.63, 3.8) is 0 Å². The summed E-state index contributed by atoms with van der Waals surface area (Å²) in [6.07, 6.45) is 19.7. The van der Waals surface area contributed by atoms with Gasteiger partial charge in [0, 0.05) is 33.5 Å². The van der Waals surface area contributed by atoms with Crippen LogP contribution in [0.5, 0.6) is 0 Å². The van der Waals surface area contributed by atoms with E-state index in [9.17, 15) is 0 Å². The number of hydrogen-bond donors (Lipinski definition) is 0. The van der Waals surface area contributed by atoms with E-state index in [-0.39, 0.29) is 0 Å². The molecule has 0 aliphatic heterocycles. The Morgan fingerprint density at radius 2 is 0.500 bits per heavy atom. The molecule has 0 radical (unpaired) electrons. The first-order chi connectivity index (χ1) is 29.7. The summed E-state index contributed by atoms with van der Waals surface area (Å²) in [5.74, 6) is 0. The number of nitrogens with zero attached hydrogens (tertiary/aromatic N) is 2. The molecule has 8 aromatic rings. The fourth-order valence-corrected chi connectivity index (χ4v) is 11.6. The van der Waals surface area contributed by atoms with Crippen LogP contribution in [0.15, 0.2) is 133 Å². The predicted molar refractivity (Wildman–Crippen MR) is 255 cm³/mol. The Kier molecular flexibility index (Phi) is 9.01. The molecule has 0 bridgehead atoms. The largest absolute Gasteiger partial charge is 0.310 e. The van der Waals surface area contributed by atoms with Crippen LogP contribution in [-0.2, 0) is 51.4 Å². The first kappa shape index (κ1) is 36.0. The van der Waals surface area contributed by atoms with Gasteiger partial charge in [0.1, 0.15) is 0 Å². The Bertz CT molecular complexity index is 2650. The zero-order valence-corrected chi connectivity index (χ0v) is 34.9. The molecule has 4 aliphatic carbocycles. The van der Waals surface area contributed by atoms with Crippen molar-refractivity contribution in [3.8, 4) is 0 Å². The summed E-state index contributed by atoms with van der Waals surface area (Å²) in [6.45, 7) is 0. The van der Waals surface area contributed by atoms with Crippen molar-refractivity contribution in [1.82, 2.24) is 0 Å². The molecule has 296 valence electrons. The maximum atomic E-state index is 2.60. The van der Waals surface area contributed by atoms with E-state index < -0.39 is 0 Å². The number of aryl methyl sites for hydroxylation is 8. The van der Waals surface area contributed by atoms with Gasteiger partial charge in [0.05, 0.1) is 11.4 Å². The molecule has 0 saturated carbocycles. The molecule has 60 heavy (non-hydrogen) atoms.